The van der Waals surface area contributed by atoms with E-state index in [0.29, 0.717) is 0 Å². The van der Waals surface area contributed by atoms with Crippen molar-refractivity contribution < 1.29 is 5.21 Å². The number of rotatable bonds is 0. The van der Waals surface area contributed by atoms with Gasteiger partial charge in [0.25, 0.3) is 0 Å². The molecule has 0 unspecified atom stereocenters. The third kappa shape index (κ3) is 3.65. The van der Waals surface area contributed by atoms with Crippen LogP contribution < -0.4 is 0 Å². The van der Waals surface area contributed by atoms with E-state index in [0.717, 1.165) is 13.0 Å². The Morgan fingerprint density at radius 1 is 1.00 bits per heavy atom. The monoisotopic (exact) mass is 187 g/mol. The van der Waals surface area contributed by atoms with Crippen molar-refractivity contribution >= 4 is 0 Å². The minimum Gasteiger partial charge on any atom is -0.313 e. The predicted molar refractivity (Wildman–Crippen MR) is 56.9 cm³/mol. The van der Waals surface area contributed by atoms with Gasteiger partial charge in [-0.25, -0.2) is 0 Å². The van der Waals surface area contributed by atoms with Gasteiger partial charge in [0.1, 0.15) is 0 Å². The molecule has 0 amide bonds. The summed E-state index contributed by atoms with van der Waals surface area (Å²) in [5.41, 5.74) is 0.264. The van der Waals surface area contributed by atoms with Crippen LogP contribution in [0.15, 0.2) is 0 Å². The zero-order valence-electron chi connectivity index (χ0n) is 10.0. The molecule has 1 heterocycles. The number of nitrogens with zero attached hydrogens (tertiary/aromatic N) is 1. The Balaban J connectivity index is 0.000000671. The molecule has 2 heteroatoms. The largest absolute Gasteiger partial charge is 0.313 e. The third-order valence-corrected chi connectivity index (χ3v) is 2.69. The molecular weight excluding hydrogens is 162 g/mol. The van der Waals surface area contributed by atoms with Crippen molar-refractivity contribution in [2.24, 2.45) is 5.41 Å². The first kappa shape index (κ1) is 12.9. The molecule has 1 N–H and O–H groups in total. The summed E-state index contributed by atoms with van der Waals surface area (Å²) < 4.78 is 0. The van der Waals surface area contributed by atoms with E-state index >= 15 is 0 Å². The van der Waals surface area contributed by atoms with Crippen LogP contribution in [0.4, 0.5) is 0 Å². The minimum absolute atomic E-state index is 0.0183. The Bertz CT molecular complexity index is 152. The highest BCUT2D eigenvalue weighted by molar-refractivity contribution is 4.88. The molecule has 0 aromatic heterocycles. The van der Waals surface area contributed by atoms with Crippen molar-refractivity contribution in [1.29, 1.82) is 0 Å². The first-order valence-corrected chi connectivity index (χ1v) is 5.30. The Kier molecular flexibility index (Phi) is 4.40. The Morgan fingerprint density at radius 2 is 1.46 bits per heavy atom. The number of hydroxylamine groups is 2. The molecule has 1 aliphatic heterocycles. The predicted octanol–water partition coefficient (Wildman–Crippen LogP) is 3.30. The van der Waals surface area contributed by atoms with Crippen LogP contribution in [0.25, 0.3) is 0 Å². The highest BCUT2D eigenvalue weighted by Crippen LogP contribution is 2.35. The third-order valence-electron chi connectivity index (χ3n) is 2.69. The standard InChI is InChI=1S/C9H19NO.C2H6/c1-8(2)5-6-9(3,4)10(11)7-8;1-2/h11H,5-7H2,1-4H3;1-2H3. The van der Waals surface area contributed by atoms with Crippen LogP contribution in [0, 0.1) is 5.41 Å². The number of hydrogen-bond donors (Lipinski definition) is 1. The molecule has 2 nitrogen and oxygen atoms in total. The van der Waals surface area contributed by atoms with Gasteiger partial charge in [0.15, 0.2) is 0 Å². The highest BCUT2D eigenvalue weighted by atomic mass is 16.5. The van der Waals surface area contributed by atoms with Gasteiger partial charge in [-0.15, -0.1) is 0 Å². The second-order valence-corrected chi connectivity index (χ2v) is 5.03. The maximum Gasteiger partial charge on any atom is 0.0404 e. The first-order chi connectivity index (χ1) is 5.83. The van der Waals surface area contributed by atoms with E-state index in [4.69, 9.17) is 0 Å². The number of piperidine rings is 1. The molecule has 13 heavy (non-hydrogen) atoms. The molecular formula is C11H25NO. The summed E-state index contributed by atoms with van der Waals surface area (Å²) in [6.07, 6.45) is 2.29. The van der Waals surface area contributed by atoms with E-state index in [1.165, 1.54) is 11.5 Å². The van der Waals surface area contributed by atoms with Gasteiger partial charge in [-0.05, 0) is 32.1 Å². The molecule has 0 radical (unpaired) electrons. The van der Waals surface area contributed by atoms with Crippen LogP contribution in [0.3, 0.4) is 0 Å². The zero-order chi connectivity index (χ0) is 10.7. The van der Waals surface area contributed by atoms with Gasteiger partial charge in [-0.3, -0.25) is 0 Å². The van der Waals surface area contributed by atoms with Crippen molar-refractivity contribution in [2.75, 3.05) is 6.54 Å². The van der Waals surface area contributed by atoms with E-state index in [1.807, 2.05) is 13.8 Å². The van der Waals surface area contributed by atoms with Gasteiger partial charge in [-0.2, -0.15) is 5.06 Å². The van der Waals surface area contributed by atoms with Crippen LogP contribution in [0.5, 0.6) is 0 Å². The Labute approximate surface area is 82.9 Å². The van der Waals surface area contributed by atoms with Crippen molar-refractivity contribution in [2.45, 2.75) is 59.9 Å². The molecule has 1 rings (SSSR count). The molecule has 0 bridgehead atoms. The van der Waals surface area contributed by atoms with E-state index in [-0.39, 0.29) is 11.0 Å². The second-order valence-electron chi connectivity index (χ2n) is 5.03. The summed E-state index contributed by atoms with van der Waals surface area (Å²) in [6, 6.07) is 0. The molecule has 0 aliphatic carbocycles. The average molecular weight is 187 g/mol. The summed E-state index contributed by atoms with van der Waals surface area (Å²) in [5, 5.41) is 11.1. The summed E-state index contributed by atoms with van der Waals surface area (Å²) in [5.74, 6) is 0. The van der Waals surface area contributed by atoms with Gasteiger partial charge in [0, 0.05) is 12.1 Å². The van der Waals surface area contributed by atoms with Crippen LogP contribution >= 0.6 is 0 Å². The van der Waals surface area contributed by atoms with Gasteiger partial charge in [0.05, 0.1) is 0 Å². The maximum atomic E-state index is 9.61. The molecule has 1 aliphatic rings. The molecule has 0 saturated carbocycles. The summed E-state index contributed by atoms with van der Waals surface area (Å²) in [7, 11) is 0. The quantitative estimate of drug-likeness (QED) is 0.629. The van der Waals surface area contributed by atoms with Crippen molar-refractivity contribution in [1.82, 2.24) is 5.06 Å². The molecule has 0 aromatic rings. The van der Waals surface area contributed by atoms with Crippen LogP contribution in [-0.4, -0.2) is 22.4 Å². The van der Waals surface area contributed by atoms with Crippen molar-refractivity contribution in [3.63, 3.8) is 0 Å². The van der Waals surface area contributed by atoms with Gasteiger partial charge in [-0.1, -0.05) is 27.7 Å². The van der Waals surface area contributed by atoms with Crippen molar-refractivity contribution in [3.8, 4) is 0 Å². The molecule has 0 atom stereocenters. The maximum absolute atomic E-state index is 9.61. The van der Waals surface area contributed by atoms with E-state index < -0.39 is 0 Å². The SMILES string of the molecule is CC.CC1(C)CCC(C)(C)N(O)C1. The van der Waals surface area contributed by atoms with Gasteiger partial charge in [0.2, 0.25) is 0 Å². The fourth-order valence-electron chi connectivity index (χ4n) is 1.47. The van der Waals surface area contributed by atoms with Crippen LogP contribution in [0.1, 0.15) is 54.4 Å². The van der Waals surface area contributed by atoms with Crippen molar-refractivity contribution in [3.05, 3.63) is 0 Å². The Hall–Kier alpha value is -0.0800. The smallest absolute Gasteiger partial charge is 0.0404 e. The molecule has 80 valence electrons. The molecule has 0 aromatic carbocycles. The normalized spacial score (nSPS) is 26.1. The zero-order valence-corrected chi connectivity index (χ0v) is 10.0. The number of hydrogen-bond acceptors (Lipinski definition) is 2. The first-order valence-electron chi connectivity index (χ1n) is 5.30. The molecule has 1 saturated heterocycles. The van der Waals surface area contributed by atoms with E-state index in [1.54, 1.807) is 0 Å². The Morgan fingerprint density at radius 3 is 1.77 bits per heavy atom. The van der Waals surface area contributed by atoms with E-state index in [9.17, 15) is 5.21 Å². The summed E-state index contributed by atoms with van der Waals surface area (Å²) in [4.78, 5) is 0. The lowest BCUT2D eigenvalue weighted by atomic mass is 9.78. The highest BCUT2D eigenvalue weighted by Gasteiger charge is 2.37. The van der Waals surface area contributed by atoms with Gasteiger partial charge >= 0.3 is 0 Å². The molecule has 1 fully saturated rings. The fraction of sp³-hybridized carbons (Fsp3) is 1.00. The lowest BCUT2D eigenvalue weighted by Gasteiger charge is -2.45. The average Bonchev–Trinajstić information content (AvgIpc) is 2.02. The minimum atomic E-state index is -0.0183. The molecule has 0 spiro atoms. The summed E-state index contributed by atoms with van der Waals surface area (Å²) >= 11 is 0. The van der Waals surface area contributed by atoms with Crippen LogP contribution in [-0.2, 0) is 0 Å². The van der Waals surface area contributed by atoms with E-state index in [2.05, 4.69) is 27.7 Å². The lowest BCUT2D eigenvalue weighted by molar-refractivity contribution is -0.202. The summed E-state index contributed by atoms with van der Waals surface area (Å²) in [6.45, 7) is 13.4. The topological polar surface area (TPSA) is 23.5 Å². The fourth-order valence-corrected chi connectivity index (χ4v) is 1.47. The van der Waals surface area contributed by atoms with Gasteiger partial charge < -0.3 is 5.21 Å². The lowest BCUT2D eigenvalue weighted by Crippen LogP contribution is -2.51. The van der Waals surface area contributed by atoms with Crippen LogP contribution in [0.2, 0.25) is 0 Å². The second kappa shape index (κ2) is 4.43.